The molecular weight excluding hydrogens is 238 g/mol. The van der Waals surface area contributed by atoms with Crippen molar-refractivity contribution in [3.05, 3.63) is 34.9 Å². The van der Waals surface area contributed by atoms with E-state index in [-0.39, 0.29) is 5.91 Å². The number of hydrogen-bond acceptors (Lipinski definition) is 3. The molecule has 0 heterocycles. The molecule has 1 atom stereocenters. The highest BCUT2D eigenvalue weighted by Gasteiger charge is 2.13. The van der Waals surface area contributed by atoms with Crippen LogP contribution in [0, 0.1) is 0 Å². The Bertz CT molecular complexity index is 379. The van der Waals surface area contributed by atoms with E-state index < -0.39 is 11.1 Å². The molecule has 4 nitrogen and oxygen atoms in total. The lowest BCUT2D eigenvalue weighted by atomic mass is 10.2. The van der Waals surface area contributed by atoms with E-state index in [0.717, 1.165) is 5.06 Å². The standard InChI is InChI=1S/C9H10ClNO3S/c1-11(14-15(2)13)9(12)7-3-5-8(10)6-4-7/h3-6H,1-2H3. The highest BCUT2D eigenvalue weighted by Crippen LogP contribution is 2.11. The van der Waals surface area contributed by atoms with Crippen molar-refractivity contribution in [3.8, 4) is 0 Å². The lowest BCUT2D eigenvalue weighted by Gasteiger charge is -2.13. The summed E-state index contributed by atoms with van der Waals surface area (Å²) in [5, 5.41) is 1.48. The molecule has 1 aromatic carbocycles. The molecule has 0 aliphatic heterocycles. The number of rotatable bonds is 3. The number of benzene rings is 1. The third-order valence-electron chi connectivity index (χ3n) is 1.59. The number of hydroxylamine groups is 2. The largest absolute Gasteiger partial charge is 0.278 e. The Morgan fingerprint density at radius 3 is 2.40 bits per heavy atom. The van der Waals surface area contributed by atoms with E-state index in [9.17, 15) is 9.00 Å². The van der Waals surface area contributed by atoms with E-state index in [4.69, 9.17) is 15.9 Å². The first-order valence-electron chi connectivity index (χ1n) is 4.06. The molecule has 0 bridgehead atoms. The summed E-state index contributed by atoms with van der Waals surface area (Å²) >= 11 is 4.16. The van der Waals surface area contributed by atoms with Crippen LogP contribution >= 0.6 is 11.6 Å². The maximum atomic E-state index is 11.6. The van der Waals surface area contributed by atoms with Crippen LogP contribution < -0.4 is 0 Å². The lowest BCUT2D eigenvalue weighted by molar-refractivity contribution is -0.00311. The Morgan fingerprint density at radius 1 is 1.40 bits per heavy atom. The van der Waals surface area contributed by atoms with Crippen molar-refractivity contribution < 1.29 is 13.3 Å². The molecule has 1 aromatic rings. The Hall–Kier alpha value is -0.910. The Labute approximate surface area is 95.4 Å². The summed E-state index contributed by atoms with van der Waals surface area (Å²) in [5.74, 6) is -0.373. The fourth-order valence-electron chi connectivity index (χ4n) is 0.966. The molecule has 0 saturated heterocycles. The molecule has 0 spiro atoms. The minimum Gasteiger partial charge on any atom is -0.267 e. The van der Waals surface area contributed by atoms with Crippen LogP contribution in [0.1, 0.15) is 10.4 Å². The van der Waals surface area contributed by atoms with E-state index in [1.165, 1.54) is 13.3 Å². The van der Waals surface area contributed by atoms with Crippen LogP contribution in [0.25, 0.3) is 0 Å². The summed E-state index contributed by atoms with van der Waals surface area (Å²) in [6, 6.07) is 6.35. The van der Waals surface area contributed by atoms with Crippen molar-refractivity contribution >= 4 is 28.6 Å². The summed E-state index contributed by atoms with van der Waals surface area (Å²) in [6.45, 7) is 0. The molecule has 82 valence electrons. The molecule has 6 heteroatoms. The molecular formula is C9H10ClNO3S. The minimum absolute atomic E-state index is 0.373. The fraction of sp³-hybridized carbons (Fsp3) is 0.222. The number of hydrogen-bond donors (Lipinski definition) is 0. The predicted molar refractivity (Wildman–Crippen MR) is 58.7 cm³/mol. The molecule has 1 unspecified atom stereocenters. The van der Waals surface area contributed by atoms with Gasteiger partial charge in [0.15, 0.2) is 11.1 Å². The quantitative estimate of drug-likeness (QED) is 0.763. The highest BCUT2D eigenvalue weighted by atomic mass is 35.5. The number of amides is 1. The van der Waals surface area contributed by atoms with Crippen LogP contribution in [0.3, 0.4) is 0 Å². The fourth-order valence-corrected chi connectivity index (χ4v) is 1.47. The van der Waals surface area contributed by atoms with Crippen LogP contribution in [0.15, 0.2) is 24.3 Å². The second-order valence-electron chi connectivity index (χ2n) is 2.79. The average Bonchev–Trinajstić information content (AvgIpc) is 2.17. The average molecular weight is 248 g/mol. The summed E-state index contributed by atoms with van der Waals surface area (Å²) in [4.78, 5) is 11.6. The van der Waals surface area contributed by atoms with E-state index >= 15 is 0 Å². The predicted octanol–water partition coefficient (Wildman–Crippen LogP) is 1.64. The molecule has 1 rings (SSSR count). The number of carbonyl (C=O) groups is 1. The molecule has 0 aromatic heterocycles. The van der Waals surface area contributed by atoms with Crippen molar-refractivity contribution in [3.63, 3.8) is 0 Å². The summed E-state index contributed by atoms with van der Waals surface area (Å²) < 4.78 is 15.4. The zero-order valence-electron chi connectivity index (χ0n) is 8.27. The van der Waals surface area contributed by atoms with Crippen LogP contribution in [-0.2, 0) is 15.4 Å². The van der Waals surface area contributed by atoms with Crippen molar-refractivity contribution in [2.75, 3.05) is 13.3 Å². The van der Waals surface area contributed by atoms with Gasteiger partial charge < -0.3 is 0 Å². The Balaban J connectivity index is 2.76. The molecule has 0 radical (unpaired) electrons. The third-order valence-corrected chi connectivity index (χ3v) is 2.28. The monoisotopic (exact) mass is 247 g/mol. The normalized spacial score (nSPS) is 12.2. The van der Waals surface area contributed by atoms with E-state index in [0.29, 0.717) is 10.6 Å². The maximum Gasteiger partial charge on any atom is 0.278 e. The van der Waals surface area contributed by atoms with Gasteiger partial charge in [-0.1, -0.05) is 11.6 Å². The van der Waals surface area contributed by atoms with Gasteiger partial charge in [-0.15, -0.1) is 0 Å². The van der Waals surface area contributed by atoms with Crippen molar-refractivity contribution in [1.82, 2.24) is 5.06 Å². The van der Waals surface area contributed by atoms with Gasteiger partial charge in [0, 0.05) is 23.9 Å². The molecule has 0 aliphatic rings. The van der Waals surface area contributed by atoms with E-state index in [2.05, 4.69) is 0 Å². The first-order chi connectivity index (χ1) is 7.00. The maximum absolute atomic E-state index is 11.6. The number of nitrogens with zero attached hydrogens (tertiary/aromatic N) is 1. The summed E-state index contributed by atoms with van der Waals surface area (Å²) in [6.07, 6.45) is 1.34. The van der Waals surface area contributed by atoms with Gasteiger partial charge in [0.25, 0.3) is 5.91 Å². The van der Waals surface area contributed by atoms with E-state index in [1.807, 2.05) is 0 Å². The molecule has 0 N–H and O–H groups in total. The lowest BCUT2D eigenvalue weighted by Crippen LogP contribution is -2.27. The minimum atomic E-state index is -1.52. The van der Waals surface area contributed by atoms with Crippen LogP contribution in [0.4, 0.5) is 0 Å². The molecule has 0 aliphatic carbocycles. The highest BCUT2D eigenvalue weighted by molar-refractivity contribution is 7.79. The summed E-state index contributed by atoms with van der Waals surface area (Å²) in [5.41, 5.74) is 0.423. The van der Waals surface area contributed by atoms with Gasteiger partial charge in [-0.3, -0.25) is 4.79 Å². The second kappa shape index (κ2) is 5.25. The zero-order chi connectivity index (χ0) is 11.4. The van der Waals surface area contributed by atoms with Gasteiger partial charge >= 0.3 is 0 Å². The smallest absolute Gasteiger partial charge is 0.267 e. The van der Waals surface area contributed by atoms with Crippen LogP contribution in [0.5, 0.6) is 0 Å². The van der Waals surface area contributed by atoms with Gasteiger partial charge in [-0.05, 0) is 24.3 Å². The van der Waals surface area contributed by atoms with Crippen LogP contribution in [-0.4, -0.2) is 28.5 Å². The summed E-state index contributed by atoms with van der Waals surface area (Å²) in [7, 11) is 1.40. The van der Waals surface area contributed by atoms with Gasteiger partial charge in [0.1, 0.15) is 0 Å². The van der Waals surface area contributed by atoms with Crippen molar-refractivity contribution in [1.29, 1.82) is 0 Å². The second-order valence-corrected chi connectivity index (χ2v) is 4.17. The SMILES string of the molecule is CN(OS(C)=O)C(=O)c1ccc(Cl)cc1. The van der Waals surface area contributed by atoms with Gasteiger partial charge in [-0.2, -0.15) is 4.28 Å². The molecule has 0 saturated carbocycles. The topological polar surface area (TPSA) is 46.6 Å². The molecule has 15 heavy (non-hydrogen) atoms. The van der Waals surface area contributed by atoms with Crippen LogP contribution in [0.2, 0.25) is 5.02 Å². The Morgan fingerprint density at radius 2 is 1.93 bits per heavy atom. The first-order valence-corrected chi connectivity index (χ1v) is 5.92. The molecule has 1 amide bonds. The van der Waals surface area contributed by atoms with Crippen molar-refractivity contribution in [2.45, 2.75) is 0 Å². The van der Waals surface area contributed by atoms with Gasteiger partial charge in [0.05, 0.1) is 0 Å². The number of halogens is 1. The zero-order valence-corrected chi connectivity index (χ0v) is 9.84. The Kier molecular flexibility index (Phi) is 4.26. The van der Waals surface area contributed by atoms with Gasteiger partial charge in [-0.25, -0.2) is 9.27 Å². The van der Waals surface area contributed by atoms with Gasteiger partial charge in [0.2, 0.25) is 0 Å². The van der Waals surface area contributed by atoms with Crippen molar-refractivity contribution in [2.24, 2.45) is 0 Å². The third kappa shape index (κ3) is 3.62. The number of carbonyl (C=O) groups excluding carboxylic acids is 1. The first kappa shape index (κ1) is 12.2. The van der Waals surface area contributed by atoms with E-state index in [1.54, 1.807) is 24.3 Å². The molecule has 0 fully saturated rings.